The van der Waals surface area contributed by atoms with Crippen molar-refractivity contribution in [3.8, 4) is 0 Å². The normalized spacial score (nSPS) is 11.6. The van der Waals surface area contributed by atoms with E-state index in [1.54, 1.807) is 0 Å². The molecule has 0 spiro atoms. The number of nitrogens with two attached hydrogens (primary N) is 1. The quantitative estimate of drug-likeness (QED) is 0.327. The third-order valence-electron chi connectivity index (χ3n) is 2.93. The molecule has 4 nitrogen and oxygen atoms in total. The van der Waals surface area contributed by atoms with Gasteiger partial charge >= 0.3 is 6.03 Å². The topological polar surface area (TPSA) is 67.5 Å². The maximum atomic E-state index is 10.6. The first kappa shape index (κ1) is 16.9. The van der Waals surface area contributed by atoms with Gasteiger partial charge in [0.05, 0.1) is 0 Å². The minimum absolute atomic E-state index is 0.580. The Hall–Kier alpha value is -1.06. The number of hydrogen-bond donors (Lipinski definition) is 2. The molecule has 2 amide bonds. The van der Waals surface area contributed by atoms with E-state index >= 15 is 0 Å². The SMILES string of the molecule is CCCCCCCCC/C(CCC)=N/NC(N)=O. The molecule has 0 bridgehead atoms. The molecule has 4 heteroatoms. The third-order valence-corrected chi connectivity index (χ3v) is 2.93. The largest absolute Gasteiger partial charge is 0.350 e. The van der Waals surface area contributed by atoms with Crippen molar-refractivity contribution < 1.29 is 4.79 Å². The summed E-state index contributed by atoms with van der Waals surface area (Å²) in [6.07, 6.45) is 12.0. The van der Waals surface area contributed by atoms with Gasteiger partial charge in [-0.1, -0.05) is 58.8 Å². The van der Waals surface area contributed by atoms with Gasteiger partial charge in [-0.15, -0.1) is 0 Å². The average Bonchev–Trinajstić information content (AvgIpc) is 2.34. The number of primary amides is 1. The lowest BCUT2D eigenvalue weighted by molar-refractivity contribution is 0.249. The standard InChI is InChI=1S/C14H29N3O/c1-3-5-6-7-8-9-10-12-13(11-4-2)16-17-14(15)18/h3-12H2,1-2H3,(H3,15,17,18)/b16-13+. The maximum Gasteiger partial charge on any atom is 0.332 e. The zero-order valence-electron chi connectivity index (χ0n) is 12.0. The lowest BCUT2D eigenvalue weighted by Crippen LogP contribution is -2.25. The molecule has 0 aliphatic carbocycles. The Labute approximate surface area is 111 Å². The molecule has 0 unspecified atom stereocenters. The number of amides is 2. The van der Waals surface area contributed by atoms with E-state index in [1.165, 1.54) is 38.5 Å². The molecule has 0 aliphatic heterocycles. The zero-order chi connectivity index (χ0) is 13.6. The Morgan fingerprint density at radius 1 is 0.944 bits per heavy atom. The summed E-state index contributed by atoms with van der Waals surface area (Å²) in [5, 5.41) is 4.05. The van der Waals surface area contributed by atoms with Gasteiger partial charge in [-0.2, -0.15) is 5.10 Å². The summed E-state index contributed by atoms with van der Waals surface area (Å²) in [5.41, 5.74) is 8.39. The van der Waals surface area contributed by atoms with Crippen molar-refractivity contribution in [3.63, 3.8) is 0 Å². The van der Waals surface area contributed by atoms with Gasteiger partial charge in [-0.05, 0) is 19.3 Å². The highest BCUT2D eigenvalue weighted by Gasteiger charge is 2.00. The van der Waals surface area contributed by atoms with Crippen molar-refractivity contribution in [1.29, 1.82) is 0 Å². The van der Waals surface area contributed by atoms with Gasteiger partial charge in [0, 0.05) is 5.71 Å². The number of rotatable bonds is 11. The first-order valence-corrected chi connectivity index (χ1v) is 7.31. The van der Waals surface area contributed by atoms with Crippen molar-refractivity contribution in [3.05, 3.63) is 0 Å². The zero-order valence-corrected chi connectivity index (χ0v) is 12.0. The van der Waals surface area contributed by atoms with Crippen LogP contribution in [-0.4, -0.2) is 11.7 Å². The van der Waals surface area contributed by atoms with Crippen LogP contribution in [0.25, 0.3) is 0 Å². The Morgan fingerprint density at radius 3 is 2.11 bits per heavy atom. The number of carbonyl (C=O) groups is 1. The van der Waals surface area contributed by atoms with Gasteiger partial charge in [0.15, 0.2) is 0 Å². The van der Waals surface area contributed by atoms with Crippen molar-refractivity contribution in [2.24, 2.45) is 10.8 Å². The molecule has 0 aromatic rings. The molecule has 18 heavy (non-hydrogen) atoms. The summed E-state index contributed by atoms with van der Waals surface area (Å²) in [7, 11) is 0. The molecule has 0 rings (SSSR count). The van der Waals surface area contributed by atoms with E-state index in [1.807, 2.05) is 0 Å². The smallest absolute Gasteiger partial charge is 0.332 e. The Kier molecular flexibility index (Phi) is 11.7. The minimum atomic E-state index is -0.580. The van der Waals surface area contributed by atoms with Gasteiger partial charge in [0.25, 0.3) is 0 Å². The number of hydrogen-bond acceptors (Lipinski definition) is 2. The molecule has 3 N–H and O–H groups in total. The van der Waals surface area contributed by atoms with Crippen molar-refractivity contribution >= 4 is 11.7 Å². The molecule has 0 fully saturated rings. The van der Waals surface area contributed by atoms with E-state index in [0.717, 1.165) is 31.4 Å². The third kappa shape index (κ3) is 11.4. The lowest BCUT2D eigenvalue weighted by Gasteiger charge is -2.05. The second-order valence-corrected chi connectivity index (χ2v) is 4.78. The van der Waals surface area contributed by atoms with E-state index in [9.17, 15) is 4.79 Å². The summed E-state index contributed by atoms with van der Waals surface area (Å²) >= 11 is 0. The predicted octanol–water partition coefficient (Wildman–Crippen LogP) is 3.95. The molecule has 0 aromatic carbocycles. The van der Waals surface area contributed by atoms with Crippen LogP contribution in [0.15, 0.2) is 5.10 Å². The number of nitrogens with one attached hydrogen (secondary N) is 1. The fourth-order valence-corrected chi connectivity index (χ4v) is 1.95. The number of nitrogens with zero attached hydrogens (tertiary/aromatic N) is 1. The second kappa shape index (κ2) is 12.4. The molecule has 0 saturated heterocycles. The highest BCUT2D eigenvalue weighted by atomic mass is 16.2. The van der Waals surface area contributed by atoms with Gasteiger partial charge in [0.2, 0.25) is 0 Å². The monoisotopic (exact) mass is 255 g/mol. The Morgan fingerprint density at radius 2 is 1.56 bits per heavy atom. The van der Waals surface area contributed by atoms with E-state index in [-0.39, 0.29) is 0 Å². The van der Waals surface area contributed by atoms with Gasteiger partial charge in [-0.25, -0.2) is 10.2 Å². The van der Waals surface area contributed by atoms with Gasteiger partial charge < -0.3 is 5.73 Å². The first-order valence-electron chi connectivity index (χ1n) is 7.31. The molecule has 106 valence electrons. The molecular weight excluding hydrogens is 226 g/mol. The van der Waals surface area contributed by atoms with Crippen LogP contribution in [-0.2, 0) is 0 Å². The van der Waals surface area contributed by atoms with Crippen LogP contribution in [0.4, 0.5) is 4.79 Å². The molecule has 0 saturated carbocycles. The fourth-order valence-electron chi connectivity index (χ4n) is 1.95. The highest BCUT2D eigenvalue weighted by Crippen LogP contribution is 2.10. The lowest BCUT2D eigenvalue weighted by atomic mass is 10.0. The number of unbranched alkanes of at least 4 members (excludes halogenated alkanes) is 6. The number of carbonyl (C=O) groups excluding carboxylic acids is 1. The Bertz CT molecular complexity index is 239. The van der Waals surface area contributed by atoms with Crippen LogP contribution < -0.4 is 11.2 Å². The van der Waals surface area contributed by atoms with Crippen LogP contribution in [0.3, 0.4) is 0 Å². The van der Waals surface area contributed by atoms with E-state index in [0.29, 0.717) is 0 Å². The first-order chi connectivity index (χ1) is 8.70. The average molecular weight is 255 g/mol. The Balaban J connectivity index is 3.63. The summed E-state index contributed by atoms with van der Waals surface area (Å²) in [4.78, 5) is 10.6. The van der Waals surface area contributed by atoms with Gasteiger partial charge in [0.1, 0.15) is 0 Å². The summed E-state index contributed by atoms with van der Waals surface area (Å²) in [6, 6.07) is -0.580. The van der Waals surface area contributed by atoms with Crippen LogP contribution in [0.2, 0.25) is 0 Å². The molecule has 0 heterocycles. The summed E-state index contributed by atoms with van der Waals surface area (Å²) in [6.45, 7) is 4.35. The number of hydrazone groups is 1. The number of urea groups is 1. The van der Waals surface area contributed by atoms with Gasteiger partial charge in [-0.3, -0.25) is 0 Å². The summed E-state index contributed by atoms with van der Waals surface area (Å²) in [5.74, 6) is 0. The fraction of sp³-hybridized carbons (Fsp3) is 0.857. The minimum Gasteiger partial charge on any atom is -0.350 e. The van der Waals surface area contributed by atoms with E-state index < -0.39 is 6.03 Å². The molecular formula is C14H29N3O. The van der Waals surface area contributed by atoms with Crippen LogP contribution in [0.1, 0.15) is 78.1 Å². The molecule has 0 aliphatic rings. The van der Waals surface area contributed by atoms with Crippen LogP contribution in [0, 0.1) is 0 Å². The van der Waals surface area contributed by atoms with Crippen molar-refractivity contribution in [2.75, 3.05) is 0 Å². The predicted molar refractivity (Wildman–Crippen MR) is 77.7 cm³/mol. The molecule has 0 aromatic heterocycles. The van der Waals surface area contributed by atoms with Crippen LogP contribution >= 0.6 is 0 Å². The molecule has 0 radical (unpaired) electrons. The molecule has 0 atom stereocenters. The van der Waals surface area contributed by atoms with Crippen molar-refractivity contribution in [2.45, 2.75) is 78.1 Å². The van der Waals surface area contributed by atoms with Crippen molar-refractivity contribution in [1.82, 2.24) is 5.43 Å². The van der Waals surface area contributed by atoms with E-state index in [2.05, 4.69) is 24.4 Å². The maximum absolute atomic E-state index is 10.6. The highest BCUT2D eigenvalue weighted by molar-refractivity contribution is 5.85. The summed E-state index contributed by atoms with van der Waals surface area (Å²) < 4.78 is 0. The second-order valence-electron chi connectivity index (χ2n) is 4.78. The van der Waals surface area contributed by atoms with Crippen LogP contribution in [0.5, 0.6) is 0 Å². The van der Waals surface area contributed by atoms with E-state index in [4.69, 9.17) is 5.73 Å².